The minimum atomic E-state index is 0.462. The van der Waals surface area contributed by atoms with Gasteiger partial charge in [0.25, 0.3) is 0 Å². The largest absolute Gasteiger partial charge is 0.271 e. The third-order valence-corrected chi connectivity index (χ3v) is 6.02. The highest BCUT2D eigenvalue weighted by Crippen LogP contribution is 2.41. The van der Waals surface area contributed by atoms with E-state index in [9.17, 15) is 0 Å². The molecule has 2 atom stereocenters. The molecule has 0 bridgehead atoms. The van der Waals surface area contributed by atoms with Gasteiger partial charge in [-0.15, -0.1) is 0 Å². The second-order valence-electron chi connectivity index (χ2n) is 7.08. The van der Waals surface area contributed by atoms with Crippen LogP contribution in [0.3, 0.4) is 0 Å². The van der Waals surface area contributed by atoms with E-state index >= 15 is 0 Å². The normalized spacial score (nSPS) is 30.7. The minimum absolute atomic E-state index is 0.462. The Morgan fingerprint density at radius 3 is 2.62 bits per heavy atom. The van der Waals surface area contributed by atoms with Gasteiger partial charge in [-0.2, -0.15) is 0 Å². The molecule has 1 aromatic carbocycles. The molecule has 2 aliphatic rings. The van der Waals surface area contributed by atoms with E-state index in [0.29, 0.717) is 12.0 Å². The molecule has 0 aromatic heterocycles. The Balaban J connectivity index is 1.75. The van der Waals surface area contributed by atoms with E-state index in [2.05, 4.69) is 36.6 Å². The maximum absolute atomic E-state index is 6.01. The SMILES string of the molecule is CCC1CCC(C(NN)C2CCCc3ccccc32)CC1. The molecule has 0 aliphatic heterocycles. The number of aryl methyl sites for hydroxylation is 1. The van der Waals surface area contributed by atoms with Gasteiger partial charge in [0.15, 0.2) is 0 Å². The summed E-state index contributed by atoms with van der Waals surface area (Å²) in [4.78, 5) is 0. The molecular weight excluding hydrogens is 256 g/mol. The van der Waals surface area contributed by atoms with Crippen molar-refractivity contribution in [2.75, 3.05) is 0 Å². The van der Waals surface area contributed by atoms with Crippen molar-refractivity contribution < 1.29 is 0 Å². The Hall–Kier alpha value is -0.860. The fraction of sp³-hybridized carbons (Fsp3) is 0.684. The predicted molar refractivity (Wildman–Crippen MR) is 89.0 cm³/mol. The molecule has 0 spiro atoms. The van der Waals surface area contributed by atoms with Crippen LogP contribution in [0.15, 0.2) is 24.3 Å². The summed E-state index contributed by atoms with van der Waals surface area (Å²) >= 11 is 0. The van der Waals surface area contributed by atoms with E-state index in [-0.39, 0.29) is 0 Å². The lowest BCUT2D eigenvalue weighted by molar-refractivity contribution is 0.192. The topological polar surface area (TPSA) is 38.0 Å². The maximum Gasteiger partial charge on any atom is 0.0307 e. The summed E-state index contributed by atoms with van der Waals surface area (Å²) < 4.78 is 0. The van der Waals surface area contributed by atoms with Gasteiger partial charge in [0.05, 0.1) is 0 Å². The number of fused-ring (bicyclic) bond motifs is 1. The molecule has 0 amide bonds. The highest BCUT2D eigenvalue weighted by atomic mass is 15.2. The summed E-state index contributed by atoms with van der Waals surface area (Å²) in [7, 11) is 0. The van der Waals surface area contributed by atoms with Crippen molar-refractivity contribution in [3.63, 3.8) is 0 Å². The third-order valence-electron chi connectivity index (χ3n) is 6.02. The number of hydrogen-bond acceptors (Lipinski definition) is 2. The quantitative estimate of drug-likeness (QED) is 0.644. The van der Waals surface area contributed by atoms with Crippen molar-refractivity contribution in [1.29, 1.82) is 0 Å². The first kappa shape index (κ1) is 15.1. The lowest BCUT2D eigenvalue weighted by atomic mass is 9.70. The molecular formula is C19H30N2. The molecule has 2 nitrogen and oxygen atoms in total. The monoisotopic (exact) mass is 286 g/mol. The first-order chi connectivity index (χ1) is 10.3. The first-order valence-corrected chi connectivity index (χ1v) is 8.87. The van der Waals surface area contributed by atoms with Crippen molar-refractivity contribution in [2.45, 2.75) is 70.3 Å². The van der Waals surface area contributed by atoms with Crippen LogP contribution in [0.4, 0.5) is 0 Å². The van der Waals surface area contributed by atoms with E-state index in [1.807, 2.05) is 0 Å². The molecule has 2 unspecified atom stereocenters. The van der Waals surface area contributed by atoms with Crippen molar-refractivity contribution in [1.82, 2.24) is 5.43 Å². The van der Waals surface area contributed by atoms with Crippen LogP contribution in [0.5, 0.6) is 0 Å². The minimum Gasteiger partial charge on any atom is -0.271 e. The number of rotatable bonds is 4. The standard InChI is InChI=1S/C19H30N2/c1-2-14-10-12-16(13-11-14)19(21-20)18-9-5-7-15-6-3-4-8-17(15)18/h3-4,6,8,14,16,18-19,21H,2,5,7,9-13,20H2,1H3. The highest BCUT2D eigenvalue weighted by molar-refractivity contribution is 5.34. The number of nitrogens with two attached hydrogens (primary N) is 1. The molecule has 1 fully saturated rings. The Labute approximate surface area is 129 Å². The van der Waals surface area contributed by atoms with Crippen molar-refractivity contribution in [3.8, 4) is 0 Å². The van der Waals surface area contributed by atoms with Crippen LogP contribution in [0.25, 0.3) is 0 Å². The lowest BCUT2D eigenvalue weighted by Crippen LogP contribution is -2.47. The van der Waals surface area contributed by atoms with Crippen LogP contribution >= 0.6 is 0 Å². The van der Waals surface area contributed by atoms with Gasteiger partial charge in [0.1, 0.15) is 0 Å². The number of benzene rings is 1. The second-order valence-corrected chi connectivity index (χ2v) is 7.08. The number of hydrazine groups is 1. The molecule has 3 rings (SSSR count). The van der Waals surface area contributed by atoms with Crippen LogP contribution in [-0.2, 0) is 6.42 Å². The fourth-order valence-corrected chi connectivity index (χ4v) is 4.70. The Bertz CT molecular complexity index is 449. The van der Waals surface area contributed by atoms with Crippen LogP contribution < -0.4 is 11.3 Å². The smallest absolute Gasteiger partial charge is 0.0307 e. The summed E-state index contributed by atoms with van der Waals surface area (Å²) in [5.41, 5.74) is 6.33. The molecule has 116 valence electrons. The van der Waals surface area contributed by atoms with Crippen LogP contribution in [0.1, 0.15) is 68.9 Å². The summed E-state index contributed by atoms with van der Waals surface area (Å²) in [6.07, 6.45) is 10.7. The highest BCUT2D eigenvalue weighted by Gasteiger charge is 2.34. The number of hydrogen-bond donors (Lipinski definition) is 2. The maximum atomic E-state index is 6.01. The van der Waals surface area contributed by atoms with Crippen LogP contribution in [0.2, 0.25) is 0 Å². The van der Waals surface area contributed by atoms with Crippen molar-refractivity contribution in [2.24, 2.45) is 17.7 Å². The molecule has 1 saturated carbocycles. The first-order valence-electron chi connectivity index (χ1n) is 8.87. The van der Waals surface area contributed by atoms with E-state index in [0.717, 1.165) is 11.8 Å². The third kappa shape index (κ3) is 3.17. The van der Waals surface area contributed by atoms with Gasteiger partial charge in [-0.3, -0.25) is 11.3 Å². The molecule has 0 radical (unpaired) electrons. The second kappa shape index (κ2) is 6.93. The molecule has 0 saturated heterocycles. The predicted octanol–water partition coefficient (Wildman–Crippen LogP) is 4.15. The van der Waals surface area contributed by atoms with Gasteiger partial charge >= 0.3 is 0 Å². The van der Waals surface area contributed by atoms with Gasteiger partial charge < -0.3 is 0 Å². The molecule has 2 aliphatic carbocycles. The van der Waals surface area contributed by atoms with E-state index in [4.69, 9.17) is 5.84 Å². The summed E-state index contributed by atoms with van der Waals surface area (Å²) in [6.45, 7) is 2.33. The van der Waals surface area contributed by atoms with Gasteiger partial charge in [-0.05, 0) is 55.1 Å². The zero-order valence-corrected chi connectivity index (χ0v) is 13.4. The average Bonchev–Trinajstić information content (AvgIpc) is 2.56. The van der Waals surface area contributed by atoms with Gasteiger partial charge in [0.2, 0.25) is 0 Å². The van der Waals surface area contributed by atoms with E-state index in [1.165, 1.54) is 51.4 Å². The molecule has 21 heavy (non-hydrogen) atoms. The Morgan fingerprint density at radius 1 is 1.14 bits per heavy atom. The molecule has 2 heteroatoms. The van der Waals surface area contributed by atoms with E-state index < -0.39 is 0 Å². The lowest BCUT2D eigenvalue weighted by Gasteiger charge is -2.39. The molecule has 0 heterocycles. The zero-order chi connectivity index (χ0) is 14.7. The van der Waals surface area contributed by atoms with Gasteiger partial charge in [0, 0.05) is 12.0 Å². The van der Waals surface area contributed by atoms with Crippen LogP contribution in [-0.4, -0.2) is 6.04 Å². The van der Waals surface area contributed by atoms with E-state index in [1.54, 1.807) is 11.1 Å². The molecule has 1 aromatic rings. The Kier molecular flexibility index (Phi) is 4.97. The summed E-state index contributed by atoms with van der Waals surface area (Å²) in [5.74, 6) is 8.34. The van der Waals surface area contributed by atoms with Gasteiger partial charge in [-0.25, -0.2) is 0 Å². The fourth-order valence-electron chi connectivity index (χ4n) is 4.70. The Morgan fingerprint density at radius 2 is 1.90 bits per heavy atom. The van der Waals surface area contributed by atoms with Crippen molar-refractivity contribution >= 4 is 0 Å². The van der Waals surface area contributed by atoms with Gasteiger partial charge in [-0.1, -0.05) is 50.5 Å². The van der Waals surface area contributed by atoms with Crippen LogP contribution in [0, 0.1) is 11.8 Å². The average molecular weight is 286 g/mol. The zero-order valence-electron chi connectivity index (χ0n) is 13.4. The summed E-state index contributed by atoms with van der Waals surface area (Å²) in [6, 6.07) is 9.48. The molecule has 3 N–H and O–H groups in total. The number of nitrogens with one attached hydrogen (secondary N) is 1. The van der Waals surface area contributed by atoms with Crippen molar-refractivity contribution in [3.05, 3.63) is 35.4 Å². The summed E-state index contributed by atoms with van der Waals surface area (Å²) in [5, 5.41) is 0.